The molecule has 96 valence electrons. The lowest BCUT2D eigenvalue weighted by molar-refractivity contribution is -0.123. The molecule has 18 heavy (non-hydrogen) atoms. The number of hydrogen-bond donors (Lipinski definition) is 2. The number of rotatable bonds is 2. The van der Waals surface area contributed by atoms with Gasteiger partial charge in [-0.2, -0.15) is 0 Å². The van der Waals surface area contributed by atoms with Crippen LogP contribution in [0.25, 0.3) is 0 Å². The maximum Gasteiger partial charge on any atom is 0.237 e. The zero-order valence-corrected chi connectivity index (χ0v) is 11.0. The molecule has 3 heteroatoms. The lowest BCUT2D eigenvalue weighted by Gasteiger charge is -2.25. The van der Waals surface area contributed by atoms with Crippen LogP contribution in [0.1, 0.15) is 31.4 Å². The first-order chi connectivity index (χ1) is 8.56. The standard InChI is InChI=1S/C15H20N2O/c1-15(2)8-13(15)17-14(18)12-7-10-5-3-4-6-11(10)9-16-12/h3-6,12-13,16H,7-9H2,1-2H3,(H,17,18)/t12-,13?/m1/s1. The van der Waals surface area contributed by atoms with E-state index in [1.165, 1.54) is 11.1 Å². The van der Waals surface area contributed by atoms with Crippen molar-refractivity contribution < 1.29 is 4.79 Å². The summed E-state index contributed by atoms with van der Waals surface area (Å²) in [4.78, 5) is 12.2. The van der Waals surface area contributed by atoms with E-state index < -0.39 is 0 Å². The molecule has 1 saturated carbocycles. The topological polar surface area (TPSA) is 41.1 Å². The Kier molecular flexibility index (Phi) is 2.67. The van der Waals surface area contributed by atoms with E-state index in [2.05, 4.69) is 36.6 Å². The fraction of sp³-hybridized carbons (Fsp3) is 0.533. The van der Waals surface area contributed by atoms with Crippen molar-refractivity contribution in [3.63, 3.8) is 0 Å². The molecule has 2 N–H and O–H groups in total. The van der Waals surface area contributed by atoms with Gasteiger partial charge in [-0.25, -0.2) is 0 Å². The summed E-state index contributed by atoms with van der Waals surface area (Å²) in [6, 6.07) is 8.63. The first kappa shape index (κ1) is 11.7. The molecule has 0 spiro atoms. The van der Waals surface area contributed by atoms with Gasteiger partial charge in [0.25, 0.3) is 0 Å². The molecular formula is C15H20N2O. The monoisotopic (exact) mass is 244 g/mol. The molecule has 0 radical (unpaired) electrons. The Balaban J connectivity index is 1.64. The normalized spacial score (nSPS) is 28.3. The summed E-state index contributed by atoms with van der Waals surface area (Å²) in [5.41, 5.74) is 2.90. The Morgan fingerprint density at radius 3 is 2.67 bits per heavy atom. The summed E-state index contributed by atoms with van der Waals surface area (Å²) in [6.45, 7) is 5.19. The minimum Gasteiger partial charge on any atom is -0.351 e. The highest BCUT2D eigenvalue weighted by Gasteiger charge is 2.47. The van der Waals surface area contributed by atoms with Gasteiger partial charge in [0, 0.05) is 12.6 Å². The molecule has 0 bridgehead atoms. The molecule has 0 aromatic heterocycles. The maximum absolute atomic E-state index is 12.2. The molecule has 1 unspecified atom stereocenters. The third-order valence-electron chi connectivity index (χ3n) is 4.23. The fourth-order valence-electron chi connectivity index (χ4n) is 2.63. The van der Waals surface area contributed by atoms with E-state index in [4.69, 9.17) is 0 Å². The summed E-state index contributed by atoms with van der Waals surface area (Å²) in [5, 5.41) is 6.47. The van der Waals surface area contributed by atoms with Crippen molar-refractivity contribution in [1.29, 1.82) is 0 Å². The van der Waals surface area contributed by atoms with Crippen LogP contribution in [0.2, 0.25) is 0 Å². The van der Waals surface area contributed by atoms with Crippen molar-refractivity contribution >= 4 is 5.91 Å². The zero-order chi connectivity index (χ0) is 12.8. The second kappa shape index (κ2) is 4.09. The second-order valence-corrected chi connectivity index (χ2v) is 6.16. The smallest absolute Gasteiger partial charge is 0.237 e. The molecule has 2 aliphatic rings. The van der Waals surface area contributed by atoms with Crippen molar-refractivity contribution in [3.8, 4) is 0 Å². The molecule has 1 heterocycles. The van der Waals surface area contributed by atoms with Crippen LogP contribution in [0.4, 0.5) is 0 Å². The summed E-state index contributed by atoms with van der Waals surface area (Å²) in [6.07, 6.45) is 1.90. The maximum atomic E-state index is 12.2. The molecule has 0 saturated heterocycles. The summed E-state index contributed by atoms with van der Waals surface area (Å²) >= 11 is 0. The van der Waals surface area contributed by atoms with E-state index in [1.807, 2.05) is 12.1 Å². The van der Waals surface area contributed by atoms with Crippen LogP contribution < -0.4 is 10.6 Å². The SMILES string of the molecule is CC1(C)CC1NC(=O)[C@H]1Cc2ccccc2CN1. The largest absolute Gasteiger partial charge is 0.351 e. The van der Waals surface area contributed by atoms with Crippen LogP contribution >= 0.6 is 0 Å². The molecule has 1 aliphatic heterocycles. The number of amides is 1. The minimum atomic E-state index is -0.0729. The second-order valence-electron chi connectivity index (χ2n) is 6.16. The molecule has 1 aliphatic carbocycles. The molecular weight excluding hydrogens is 224 g/mol. The molecule has 1 amide bonds. The number of carbonyl (C=O) groups excluding carboxylic acids is 1. The van der Waals surface area contributed by atoms with E-state index in [1.54, 1.807) is 0 Å². The van der Waals surface area contributed by atoms with Crippen LogP contribution in [0.5, 0.6) is 0 Å². The van der Waals surface area contributed by atoms with Gasteiger partial charge in [0.15, 0.2) is 0 Å². The average Bonchev–Trinajstić information content (AvgIpc) is 2.95. The average molecular weight is 244 g/mol. The first-order valence-electron chi connectivity index (χ1n) is 6.67. The van der Waals surface area contributed by atoms with E-state index in [9.17, 15) is 4.79 Å². The third kappa shape index (κ3) is 2.15. The molecule has 1 aromatic carbocycles. The van der Waals surface area contributed by atoms with Crippen molar-refractivity contribution in [2.75, 3.05) is 0 Å². The molecule has 3 nitrogen and oxygen atoms in total. The number of benzene rings is 1. The van der Waals surface area contributed by atoms with E-state index in [-0.39, 0.29) is 11.9 Å². The van der Waals surface area contributed by atoms with Gasteiger partial charge in [0.1, 0.15) is 0 Å². The Morgan fingerprint density at radius 2 is 2.00 bits per heavy atom. The van der Waals surface area contributed by atoms with Crippen molar-refractivity contribution in [1.82, 2.24) is 10.6 Å². The number of carbonyl (C=O) groups is 1. The third-order valence-corrected chi connectivity index (χ3v) is 4.23. The highest BCUT2D eigenvalue weighted by Crippen LogP contribution is 2.44. The lowest BCUT2D eigenvalue weighted by atomic mass is 9.95. The van der Waals surface area contributed by atoms with Gasteiger partial charge < -0.3 is 10.6 Å². The summed E-state index contributed by atoms with van der Waals surface area (Å²) in [5.74, 6) is 0.153. The van der Waals surface area contributed by atoms with Gasteiger partial charge in [-0.15, -0.1) is 0 Å². The highest BCUT2D eigenvalue weighted by atomic mass is 16.2. The molecule has 1 aromatic rings. The quantitative estimate of drug-likeness (QED) is 0.830. The van der Waals surface area contributed by atoms with Gasteiger partial charge in [-0.3, -0.25) is 4.79 Å². The zero-order valence-electron chi connectivity index (χ0n) is 11.0. The van der Waals surface area contributed by atoms with Crippen molar-refractivity contribution in [3.05, 3.63) is 35.4 Å². The van der Waals surface area contributed by atoms with Crippen molar-refractivity contribution in [2.24, 2.45) is 5.41 Å². The molecule has 2 atom stereocenters. The number of hydrogen-bond acceptors (Lipinski definition) is 2. The Hall–Kier alpha value is -1.35. The Bertz CT molecular complexity index is 481. The van der Waals surface area contributed by atoms with Crippen LogP contribution in [-0.4, -0.2) is 18.0 Å². The fourth-order valence-corrected chi connectivity index (χ4v) is 2.63. The van der Waals surface area contributed by atoms with Gasteiger partial charge >= 0.3 is 0 Å². The predicted octanol–water partition coefficient (Wildman–Crippen LogP) is 1.62. The van der Waals surface area contributed by atoms with E-state index in [0.29, 0.717) is 11.5 Å². The Morgan fingerprint density at radius 1 is 1.33 bits per heavy atom. The van der Waals surface area contributed by atoms with Gasteiger partial charge in [0.2, 0.25) is 5.91 Å². The summed E-state index contributed by atoms with van der Waals surface area (Å²) < 4.78 is 0. The Labute approximate surface area is 108 Å². The van der Waals surface area contributed by atoms with Crippen LogP contribution in [0.3, 0.4) is 0 Å². The van der Waals surface area contributed by atoms with Crippen LogP contribution in [-0.2, 0) is 17.8 Å². The van der Waals surface area contributed by atoms with Gasteiger partial charge in [0.05, 0.1) is 6.04 Å². The summed E-state index contributed by atoms with van der Waals surface area (Å²) in [7, 11) is 0. The van der Waals surface area contributed by atoms with Gasteiger partial charge in [-0.1, -0.05) is 38.1 Å². The van der Waals surface area contributed by atoms with E-state index in [0.717, 1.165) is 19.4 Å². The van der Waals surface area contributed by atoms with Crippen LogP contribution in [0, 0.1) is 5.41 Å². The first-order valence-corrected chi connectivity index (χ1v) is 6.67. The number of fused-ring (bicyclic) bond motifs is 1. The van der Waals surface area contributed by atoms with Gasteiger partial charge in [-0.05, 0) is 29.4 Å². The van der Waals surface area contributed by atoms with Crippen LogP contribution in [0.15, 0.2) is 24.3 Å². The lowest BCUT2D eigenvalue weighted by Crippen LogP contribution is -2.48. The predicted molar refractivity (Wildman–Crippen MR) is 71.1 cm³/mol. The molecule has 1 fully saturated rings. The highest BCUT2D eigenvalue weighted by molar-refractivity contribution is 5.83. The molecule has 3 rings (SSSR count). The number of nitrogens with one attached hydrogen (secondary N) is 2. The van der Waals surface area contributed by atoms with Crippen molar-refractivity contribution in [2.45, 2.75) is 45.3 Å². The minimum absolute atomic E-state index is 0.0729. The van der Waals surface area contributed by atoms with E-state index >= 15 is 0 Å².